The number of amides is 2. The van der Waals surface area contributed by atoms with Gasteiger partial charge in [0, 0.05) is 6.04 Å². The van der Waals surface area contributed by atoms with Gasteiger partial charge in [-0.3, -0.25) is 10.1 Å². The van der Waals surface area contributed by atoms with E-state index in [0.717, 1.165) is 11.4 Å². The number of nitrogens with one attached hydrogen (secondary N) is 2. The van der Waals surface area contributed by atoms with Crippen LogP contribution in [0.15, 0.2) is 0 Å². The number of hydrogen-bond acceptors (Lipinski definition) is 5. The first kappa shape index (κ1) is 14.4. The van der Waals surface area contributed by atoms with Crippen molar-refractivity contribution in [2.24, 2.45) is 0 Å². The summed E-state index contributed by atoms with van der Waals surface area (Å²) in [6.45, 7) is 3.76. The maximum Gasteiger partial charge on any atom is 0.321 e. The number of nitrogens with zero attached hydrogens (tertiary/aromatic N) is 2. The van der Waals surface area contributed by atoms with Crippen LogP contribution in [0.1, 0.15) is 31.7 Å². The molecule has 0 aromatic carbocycles. The molecule has 0 aliphatic carbocycles. The van der Waals surface area contributed by atoms with E-state index >= 15 is 0 Å². The number of carbonyl (C=O) groups excluding carboxylic acids is 1. The van der Waals surface area contributed by atoms with Gasteiger partial charge in [0.05, 0.1) is 6.42 Å². The molecule has 18 heavy (non-hydrogen) atoms. The van der Waals surface area contributed by atoms with Crippen LogP contribution in [-0.4, -0.2) is 33.3 Å². The van der Waals surface area contributed by atoms with Crippen molar-refractivity contribution >= 4 is 28.5 Å². The Morgan fingerprint density at radius 1 is 1.39 bits per heavy atom. The van der Waals surface area contributed by atoms with Crippen molar-refractivity contribution in [2.45, 2.75) is 39.2 Å². The van der Waals surface area contributed by atoms with E-state index in [0.29, 0.717) is 11.6 Å². The molecule has 1 atom stereocenters. The SMILES string of the molecule is CCc1nnc(NC(=O)NC(CC)CC(=O)O)s1. The van der Waals surface area contributed by atoms with Crippen LogP contribution in [0.25, 0.3) is 0 Å². The van der Waals surface area contributed by atoms with Gasteiger partial charge in [-0.2, -0.15) is 0 Å². The van der Waals surface area contributed by atoms with Gasteiger partial charge in [0.25, 0.3) is 0 Å². The lowest BCUT2D eigenvalue weighted by Gasteiger charge is -2.14. The summed E-state index contributed by atoms with van der Waals surface area (Å²) < 4.78 is 0. The second-order valence-electron chi connectivity index (χ2n) is 3.66. The number of anilines is 1. The Kier molecular flexibility index (Phi) is 5.50. The molecule has 1 rings (SSSR count). The predicted octanol–water partition coefficient (Wildman–Crippen LogP) is 1.48. The smallest absolute Gasteiger partial charge is 0.321 e. The van der Waals surface area contributed by atoms with E-state index in [1.54, 1.807) is 0 Å². The van der Waals surface area contributed by atoms with E-state index in [1.165, 1.54) is 11.3 Å². The average molecular weight is 272 g/mol. The molecule has 0 aliphatic heterocycles. The highest BCUT2D eigenvalue weighted by atomic mass is 32.1. The fraction of sp³-hybridized carbons (Fsp3) is 0.600. The Morgan fingerprint density at radius 3 is 2.61 bits per heavy atom. The molecule has 100 valence electrons. The Hall–Kier alpha value is -1.70. The first-order chi connectivity index (χ1) is 8.55. The number of rotatable bonds is 6. The van der Waals surface area contributed by atoms with Crippen molar-refractivity contribution in [1.29, 1.82) is 0 Å². The number of aryl methyl sites for hydroxylation is 1. The lowest BCUT2D eigenvalue weighted by Crippen LogP contribution is -2.38. The molecule has 1 aromatic heterocycles. The third kappa shape index (κ3) is 4.66. The largest absolute Gasteiger partial charge is 0.481 e. The van der Waals surface area contributed by atoms with Gasteiger partial charge in [0.15, 0.2) is 0 Å². The summed E-state index contributed by atoms with van der Waals surface area (Å²) in [4.78, 5) is 22.1. The predicted molar refractivity (Wildman–Crippen MR) is 67.8 cm³/mol. The average Bonchev–Trinajstić information content (AvgIpc) is 2.75. The molecule has 0 saturated carbocycles. The summed E-state index contributed by atoms with van der Waals surface area (Å²) in [5, 5.41) is 22.7. The molecule has 0 radical (unpaired) electrons. The highest BCUT2D eigenvalue weighted by Crippen LogP contribution is 2.15. The fourth-order valence-corrected chi connectivity index (χ4v) is 1.95. The number of urea groups is 1. The van der Waals surface area contributed by atoms with E-state index in [1.807, 2.05) is 13.8 Å². The van der Waals surface area contributed by atoms with Gasteiger partial charge in [0.2, 0.25) is 5.13 Å². The maximum absolute atomic E-state index is 11.6. The van der Waals surface area contributed by atoms with Gasteiger partial charge in [-0.15, -0.1) is 10.2 Å². The molecular formula is C10H16N4O3S. The molecule has 3 N–H and O–H groups in total. The second-order valence-corrected chi connectivity index (χ2v) is 4.72. The molecule has 2 amide bonds. The highest BCUT2D eigenvalue weighted by Gasteiger charge is 2.15. The molecule has 8 heteroatoms. The van der Waals surface area contributed by atoms with E-state index < -0.39 is 12.0 Å². The Labute approximate surface area is 109 Å². The Bertz CT molecular complexity index is 421. The zero-order valence-electron chi connectivity index (χ0n) is 10.3. The van der Waals surface area contributed by atoms with Gasteiger partial charge in [-0.05, 0) is 12.8 Å². The van der Waals surface area contributed by atoms with Crippen LogP contribution in [0.4, 0.5) is 9.93 Å². The summed E-state index contributed by atoms with van der Waals surface area (Å²) in [6, 6.07) is -0.844. The van der Waals surface area contributed by atoms with Crippen molar-refractivity contribution in [1.82, 2.24) is 15.5 Å². The highest BCUT2D eigenvalue weighted by molar-refractivity contribution is 7.15. The van der Waals surface area contributed by atoms with Crippen LogP contribution in [0.3, 0.4) is 0 Å². The molecule has 0 fully saturated rings. The lowest BCUT2D eigenvalue weighted by atomic mass is 10.1. The molecule has 1 unspecified atom stereocenters. The third-order valence-electron chi connectivity index (χ3n) is 2.24. The first-order valence-electron chi connectivity index (χ1n) is 5.66. The summed E-state index contributed by atoms with van der Waals surface area (Å²) >= 11 is 1.30. The minimum Gasteiger partial charge on any atom is -0.481 e. The van der Waals surface area contributed by atoms with Gasteiger partial charge >= 0.3 is 12.0 Å². The molecule has 0 bridgehead atoms. The van der Waals surface area contributed by atoms with Gasteiger partial charge in [-0.1, -0.05) is 25.2 Å². The number of aromatic nitrogens is 2. The zero-order chi connectivity index (χ0) is 13.5. The minimum absolute atomic E-state index is 0.0970. The third-order valence-corrected chi connectivity index (χ3v) is 3.22. The van der Waals surface area contributed by atoms with Crippen LogP contribution < -0.4 is 10.6 Å². The first-order valence-corrected chi connectivity index (χ1v) is 6.48. The maximum atomic E-state index is 11.6. The van der Waals surface area contributed by atoms with Crippen molar-refractivity contribution < 1.29 is 14.7 Å². The number of carboxylic acid groups (broad SMARTS) is 1. The molecule has 1 aromatic rings. The van der Waals surface area contributed by atoms with Crippen LogP contribution >= 0.6 is 11.3 Å². The molecular weight excluding hydrogens is 256 g/mol. The van der Waals surface area contributed by atoms with Gasteiger partial charge in [0.1, 0.15) is 5.01 Å². The Morgan fingerprint density at radius 2 is 2.11 bits per heavy atom. The topological polar surface area (TPSA) is 104 Å². The summed E-state index contributed by atoms with van der Waals surface area (Å²) in [7, 11) is 0. The zero-order valence-corrected chi connectivity index (χ0v) is 11.1. The van der Waals surface area contributed by atoms with Gasteiger partial charge < -0.3 is 10.4 Å². The number of hydrogen-bond donors (Lipinski definition) is 3. The van der Waals surface area contributed by atoms with E-state index in [9.17, 15) is 9.59 Å². The molecule has 0 spiro atoms. The summed E-state index contributed by atoms with van der Waals surface area (Å²) in [5.74, 6) is -0.939. The van der Waals surface area contributed by atoms with E-state index in [-0.39, 0.29) is 12.5 Å². The van der Waals surface area contributed by atoms with Crippen LogP contribution in [0.5, 0.6) is 0 Å². The van der Waals surface area contributed by atoms with Crippen molar-refractivity contribution in [3.05, 3.63) is 5.01 Å². The lowest BCUT2D eigenvalue weighted by molar-refractivity contribution is -0.137. The molecule has 1 heterocycles. The van der Waals surface area contributed by atoms with Crippen LogP contribution in [0, 0.1) is 0 Å². The standard InChI is InChI=1S/C10H16N4O3S/c1-3-6(5-8(15)16)11-9(17)12-10-14-13-7(4-2)18-10/h6H,3-5H2,1-2H3,(H,15,16)(H2,11,12,14,17). The number of carboxylic acids is 1. The molecule has 0 saturated heterocycles. The minimum atomic E-state index is -0.939. The Balaban J connectivity index is 2.47. The second kappa shape index (κ2) is 6.90. The normalized spacial score (nSPS) is 11.9. The van der Waals surface area contributed by atoms with E-state index in [2.05, 4.69) is 20.8 Å². The summed E-state index contributed by atoms with van der Waals surface area (Å²) in [5.41, 5.74) is 0. The van der Waals surface area contributed by atoms with Gasteiger partial charge in [-0.25, -0.2) is 4.79 Å². The van der Waals surface area contributed by atoms with Crippen molar-refractivity contribution in [2.75, 3.05) is 5.32 Å². The van der Waals surface area contributed by atoms with Crippen LogP contribution in [-0.2, 0) is 11.2 Å². The monoisotopic (exact) mass is 272 g/mol. The van der Waals surface area contributed by atoms with Crippen LogP contribution in [0.2, 0.25) is 0 Å². The van der Waals surface area contributed by atoms with Crippen molar-refractivity contribution in [3.8, 4) is 0 Å². The number of carbonyl (C=O) groups is 2. The molecule has 7 nitrogen and oxygen atoms in total. The number of aliphatic carboxylic acids is 1. The van der Waals surface area contributed by atoms with E-state index in [4.69, 9.17) is 5.11 Å². The fourth-order valence-electron chi connectivity index (χ4n) is 1.27. The van der Waals surface area contributed by atoms with Crippen molar-refractivity contribution in [3.63, 3.8) is 0 Å². The summed E-state index contributed by atoms with van der Waals surface area (Å²) in [6.07, 6.45) is 1.22. The quantitative estimate of drug-likeness (QED) is 0.727. The molecule has 0 aliphatic rings.